The summed E-state index contributed by atoms with van der Waals surface area (Å²) in [5, 5.41) is 0. The van der Waals surface area contributed by atoms with Crippen LogP contribution in [0.3, 0.4) is 0 Å². The molecule has 1 aliphatic rings. The molecule has 2 heteroatoms. The van der Waals surface area contributed by atoms with Crippen molar-refractivity contribution in [3.05, 3.63) is 12.3 Å². The summed E-state index contributed by atoms with van der Waals surface area (Å²) >= 11 is 0. The molecule has 0 saturated heterocycles. The van der Waals surface area contributed by atoms with E-state index in [1.807, 2.05) is 6.08 Å². The van der Waals surface area contributed by atoms with Crippen LogP contribution in [0, 0.1) is 5.92 Å². The monoisotopic (exact) mass is 128 g/mol. The standard InChI is InChI=1S/C7H12O2/c1-6-4-3-5-9-7(6)8-2/h3,5-7H,4H2,1-2H3. The summed E-state index contributed by atoms with van der Waals surface area (Å²) in [5.74, 6) is 0.486. The zero-order valence-corrected chi connectivity index (χ0v) is 5.83. The second-order valence-electron chi connectivity index (χ2n) is 2.32. The predicted octanol–water partition coefficient (Wildman–Crippen LogP) is 1.53. The maximum atomic E-state index is 5.14. The normalized spacial score (nSPS) is 34.0. The molecule has 1 rings (SSSR count). The third kappa shape index (κ3) is 1.45. The lowest BCUT2D eigenvalue weighted by Gasteiger charge is -2.23. The van der Waals surface area contributed by atoms with E-state index in [9.17, 15) is 0 Å². The number of hydrogen-bond acceptors (Lipinski definition) is 2. The molecule has 52 valence electrons. The van der Waals surface area contributed by atoms with Crippen molar-refractivity contribution in [2.75, 3.05) is 7.11 Å². The van der Waals surface area contributed by atoms with E-state index in [0.717, 1.165) is 6.42 Å². The number of hydrogen-bond donors (Lipinski definition) is 0. The fourth-order valence-electron chi connectivity index (χ4n) is 0.936. The molecule has 0 aromatic rings. The summed E-state index contributed by atoms with van der Waals surface area (Å²) in [6.07, 6.45) is 4.74. The van der Waals surface area contributed by atoms with Crippen LogP contribution in [-0.2, 0) is 9.47 Å². The van der Waals surface area contributed by atoms with Crippen molar-refractivity contribution >= 4 is 0 Å². The van der Waals surface area contributed by atoms with Crippen LogP contribution in [0.2, 0.25) is 0 Å². The summed E-state index contributed by atoms with van der Waals surface area (Å²) in [4.78, 5) is 0. The van der Waals surface area contributed by atoms with Gasteiger partial charge in [-0.2, -0.15) is 0 Å². The largest absolute Gasteiger partial charge is 0.473 e. The molecular formula is C7H12O2. The molecule has 1 heterocycles. The molecule has 0 bridgehead atoms. The van der Waals surface area contributed by atoms with E-state index in [0.29, 0.717) is 5.92 Å². The molecule has 2 nitrogen and oxygen atoms in total. The number of ether oxygens (including phenoxy) is 2. The van der Waals surface area contributed by atoms with E-state index >= 15 is 0 Å². The molecule has 9 heavy (non-hydrogen) atoms. The minimum absolute atomic E-state index is 0.0324. The molecule has 1 aliphatic heterocycles. The Labute approximate surface area is 55.5 Å². The Hall–Kier alpha value is -0.500. The maximum absolute atomic E-state index is 5.14. The first-order valence-corrected chi connectivity index (χ1v) is 3.18. The lowest BCUT2D eigenvalue weighted by Crippen LogP contribution is -2.23. The Balaban J connectivity index is 2.43. The van der Waals surface area contributed by atoms with Gasteiger partial charge in [-0.25, -0.2) is 0 Å². The van der Waals surface area contributed by atoms with E-state index in [4.69, 9.17) is 9.47 Å². The molecule has 0 amide bonds. The highest BCUT2D eigenvalue weighted by atomic mass is 16.7. The van der Waals surface area contributed by atoms with Crippen LogP contribution in [0.1, 0.15) is 13.3 Å². The Kier molecular flexibility index (Phi) is 2.11. The first-order valence-electron chi connectivity index (χ1n) is 3.18. The average molecular weight is 128 g/mol. The van der Waals surface area contributed by atoms with Crippen molar-refractivity contribution in [1.29, 1.82) is 0 Å². The summed E-state index contributed by atoms with van der Waals surface area (Å²) < 4.78 is 10.2. The minimum atomic E-state index is -0.0324. The quantitative estimate of drug-likeness (QED) is 0.533. The van der Waals surface area contributed by atoms with Gasteiger partial charge in [0.05, 0.1) is 6.26 Å². The van der Waals surface area contributed by atoms with E-state index in [-0.39, 0.29) is 6.29 Å². The molecule has 0 saturated carbocycles. The van der Waals surface area contributed by atoms with Crippen LogP contribution >= 0.6 is 0 Å². The van der Waals surface area contributed by atoms with E-state index < -0.39 is 0 Å². The molecule has 0 aliphatic carbocycles. The number of allylic oxidation sites excluding steroid dienone is 1. The van der Waals surface area contributed by atoms with Gasteiger partial charge in [0.2, 0.25) is 6.29 Å². The molecular weight excluding hydrogens is 116 g/mol. The van der Waals surface area contributed by atoms with Crippen molar-refractivity contribution in [2.24, 2.45) is 5.92 Å². The van der Waals surface area contributed by atoms with Crippen LogP contribution in [0.5, 0.6) is 0 Å². The van der Waals surface area contributed by atoms with Gasteiger partial charge >= 0.3 is 0 Å². The van der Waals surface area contributed by atoms with Gasteiger partial charge in [-0.15, -0.1) is 0 Å². The van der Waals surface area contributed by atoms with Gasteiger partial charge in [0.25, 0.3) is 0 Å². The van der Waals surface area contributed by atoms with Gasteiger partial charge < -0.3 is 9.47 Å². The lowest BCUT2D eigenvalue weighted by molar-refractivity contribution is -0.121. The highest BCUT2D eigenvalue weighted by Gasteiger charge is 2.17. The Morgan fingerprint density at radius 3 is 2.89 bits per heavy atom. The maximum Gasteiger partial charge on any atom is 0.201 e. The topological polar surface area (TPSA) is 18.5 Å². The van der Waals surface area contributed by atoms with Crippen LogP contribution in [0.4, 0.5) is 0 Å². The molecule has 0 aromatic carbocycles. The van der Waals surface area contributed by atoms with Gasteiger partial charge in [0, 0.05) is 13.0 Å². The SMILES string of the molecule is COC1OC=CCC1C. The lowest BCUT2D eigenvalue weighted by atomic mass is 10.1. The van der Waals surface area contributed by atoms with Gasteiger partial charge in [-0.1, -0.05) is 6.92 Å². The smallest absolute Gasteiger partial charge is 0.201 e. The Morgan fingerprint density at radius 1 is 1.67 bits per heavy atom. The molecule has 0 N–H and O–H groups in total. The van der Waals surface area contributed by atoms with Crippen LogP contribution in [-0.4, -0.2) is 13.4 Å². The van der Waals surface area contributed by atoms with Crippen molar-refractivity contribution in [3.8, 4) is 0 Å². The number of rotatable bonds is 1. The van der Waals surface area contributed by atoms with Crippen molar-refractivity contribution < 1.29 is 9.47 Å². The summed E-state index contributed by atoms with van der Waals surface area (Å²) in [7, 11) is 1.67. The molecule has 2 atom stereocenters. The predicted molar refractivity (Wildman–Crippen MR) is 34.8 cm³/mol. The highest BCUT2D eigenvalue weighted by molar-refractivity contribution is 4.82. The molecule has 2 unspecified atom stereocenters. The second kappa shape index (κ2) is 2.87. The summed E-state index contributed by atoms with van der Waals surface area (Å²) in [5.41, 5.74) is 0. The van der Waals surface area contributed by atoms with Crippen LogP contribution < -0.4 is 0 Å². The van der Waals surface area contributed by atoms with Crippen molar-refractivity contribution in [1.82, 2.24) is 0 Å². The van der Waals surface area contributed by atoms with Crippen molar-refractivity contribution in [3.63, 3.8) is 0 Å². The molecule has 0 radical (unpaired) electrons. The first-order chi connectivity index (χ1) is 4.34. The fourth-order valence-corrected chi connectivity index (χ4v) is 0.936. The Morgan fingerprint density at radius 2 is 2.44 bits per heavy atom. The second-order valence-corrected chi connectivity index (χ2v) is 2.32. The molecule has 0 spiro atoms. The van der Waals surface area contributed by atoms with Crippen LogP contribution in [0.25, 0.3) is 0 Å². The summed E-state index contributed by atoms with van der Waals surface area (Å²) in [6.45, 7) is 2.11. The van der Waals surface area contributed by atoms with Crippen molar-refractivity contribution in [2.45, 2.75) is 19.6 Å². The molecule has 0 fully saturated rings. The third-order valence-corrected chi connectivity index (χ3v) is 1.51. The van der Waals surface area contributed by atoms with E-state index in [1.54, 1.807) is 13.4 Å². The highest BCUT2D eigenvalue weighted by Crippen LogP contribution is 2.17. The average Bonchev–Trinajstić information content (AvgIpc) is 1.89. The van der Waals surface area contributed by atoms with Gasteiger partial charge in [-0.3, -0.25) is 0 Å². The van der Waals surface area contributed by atoms with Gasteiger partial charge in [0.15, 0.2) is 0 Å². The zero-order valence-electron chi connectivity index (χ0n) is 5.83. The van der Waals surface area contributed by atoms with E-state index in [2.05, 4.69) is 6.92 Å². The summed E-state index contributed by atoms with van der Waals surface area (Å²) in [6, 6.07) is 0. The fraction of sp³-hybridized carbons (Fsp3) is 0.714. The minimum Gasteiger partial charge on any atom is -0.473 e. The zero-order chi connectivity index (χ0) is 6.69. The Bertz CT molecular complexity index is 109. The van der Waals surface area contributed by atoms with E-state index in [1.165, 1.54) is 0 Å². The molecule has 0 aromatic heterocycles. The number of methoxy groups -OCH3 is 1. The van der Waals surface area contributed by atoms with Crippen LogP contribution in [0.15, 0.2) is 12.3 Å². The third-order valence-electron chi connectivity index (χ3n) is 1.51. The van der Waals surface area contributed by atoms with Gasteiger partial charge in [-0.05, 0) is 12.5 Å². The van der Waals surface area contributed by atoms with Gasteiger partial charge in [0.1, 0.15) is 0 Å². The first kappa shape index (κ1) is 6.62.